The fourth-order valence-electron chi connectivity index (χ4n) is 4.39. The van der Waals surface area contributed by atoms with Crippen molar-refractivity contribution in [2.75, 3.05) is 24.5 Å². The molecule has 2 aromatic rings. The van der Waals surface area contributed by atoms with E-state index in [-0.39, 0.29) is 18.0 Å². The molecule has 1 aromatic carbocycles. The van der Waals surface area contributed by atoms with Crippen LogP contribution in [0.2, 0.25) is 0 Å². The predicted molar refractivity (Wildman–Crippen MR) is 105 cm³/mol. The lowest BCUT2D eigenvalue weighted by Crippen LogP contribution is -2.53. The lowest BCUT2D eigenvalue weighted by molar-refractivity contribution is -0.123. The van der Waals surface area contributed by atoms with Gasteiger partial charge in [-0.15, -0.1) is 0 Å². The molecule has 2 fully saturated rings. The van der Waals surface area contributed by atoms with E-state index in [4.69, 9.17) is 0 Å². The number of piperidine rings is 1. The van der Waals surface area contributed by atoms with Crippen LogP contribution in [0.1, 0.15) is 31.7 Å². The van der Waals surface area contributed by atoms with Gasteiger partial charge < -0.3 is 15.5 Å². The number of pyridine rings is 1. The van der Waals surface area contributed by atoms with Crippen molar-refractivity contribution in [2.24, 2.45) is 5.92 Å². The number of rotatable bonds is 3. The average Bonchev–Trinajstić information content (AvgIpc) is 3.21. The molecule has 140 valence electrons. The minimum atomic E-state index is -0.0457. The molecule has 0 saturated carbocycles. The van der Waals surface area contributed by atoms with E-state index in [1.165, 1.54) is 0 Å². The molecule has 6 heteroatoms. The number of nitrogens with zero attached hydrogens (tertiary/aromatic N) is 3. The molecule has 1 amide bonds. The van der Waals surface area contributed by atoms with Crippen molar-refractivity contribution >= 4 is 22.5 Å². The normalized spacial score (nSPS) is 25.3. The first-order valence-electron chi connectivity index (χ1n) is 9.72. The second kappa shape index (κ2) is 7.53. The van der Waals surface area contributed by atoms with Crippen LogP contribution in [0.5, 0.6) is 0 Å². The van der Waals surface area contributed by atoms with Crippen LogP contribution in [0.15, 0.2) is 30.5 Å². The van der Waals surface area contributed by atoms with Crippen LogP contribution in [0.25, 0.3) is 10.9 Å². The number of amides is 1. The topological polar surface area (TPSA) is 81.0 Å². The maximum atomic E-state index is 12.5. The van der Waals surface area contributed by atoms with Gasteiger partial charge in [-0.25, -0.2) is 0 Å². The number of nitrogens with one attached hydrogen (secondary N) is 2. The number of anilines is 1. The van der Waals surface area contributed by atoms with Crippen LogP contribution in [0.4, 0.5) is 5.69 Å². The highest BCUT2D eigenvalue weighted by Gasteiger charge is 2.30. The number of hydrogen-bond acceptors (Lipinski definition) is 5. The molecule has 2 N–H and O–H groups in total. The maximum absolute atomic E-state index is 12.5. The third-order valence-electron chi connectivity index (χ3n) is 5.59. The minimum absolute atomic E-state index is 0.0457. The van der Waals surface area contributed by atoms with Crippen molar-refractivity contribution in [3.63, 3.8) is 0 Å². The fourth-order valence-corrected chi connectivity index (χ4v) is 4.39. The van der Waals surface area contributed by atoms with Crippen molar-refractivity contribution in [2.45, 2.75) is 38.3 Å². The van der Waals surface area contributed by atoms with Gasteiger partial charge in [-0.05, 0) is 56.0 Å². The summed E-state index contributed by atoms with van der Waals surface area (Å²) in [6, 6.07) is 10.1. The Labute approximate surface area is 159 Å². The molecule has 0 aliphatic carbocycles. The number of carbonyl (C=O) groups is 1. The maximum Gasteiger partial charge on any atom is 0.237 e. The predicted octanol–water partition coefficient (Wildman–Crippen LogP) is 2.19. The van der Waals surface area contributed by atoms with Crippen molar-refractivity contribution in [3.05, 3.63) is 36.0 Å². The van der Waals surface area contributed by atoms with Crippen LogP contribution in [0, 0.1) is 17.2 Å². The summed E-state index contributed by atoms with van der Waals surface area (Å²) in [5, 5.41) is 16.9. The SMILES string of the molecule is C[C@H]1C[C@@H](NC(=O)C2CCCN2)CN(c2ccc(C#N)c3ncccc23)C1. The molecular formula is C21H25N5O. The Kier molecular flexibility index (Phi) is 4.95. The first kappa shape index (κ1) is 17.7. The Morgan fingerprint density at radius 1 is 1.37 bits per heavy atom. The number of fused-ring (bicyclic) bond motifs is 1. The fraction of sp³-hybridized carbons (Fsp3) is 0.476. The molecule has 2 aliphatic rings. The summed E-state index contributed by atoms with van der Waals surface area (Å²) in [6.45, 7) is 4.86. The molecule has 1 unspecified atom stereocenters. The molecule has 3 atom stereocenters. The minimum Gasteiger partial charge on any atom is -0.369 e. The summed E-state index contributed by atoms with van der Waals surface area (Å²) in [4.78, 5) is 19.3. The Balaban J connectivity index is 1.57. The molecule has 27 heavy (non-hydrogen) atoms. The zero-order chi connectivity index (χ0) is 18.8. The van der Waals surface area contributed by atoms with Crippen molar-refractivity contribution in [3.8, 4) is 6.07 Å². The summed E-state index contributed by atoms with van der Waals surface area (Å²) in [5.41, 5.74) is 2.42. The van der Waals surface area contributed by atoms with Gasteiger partial charge in [0.05, 0.1) is 17.1 Å². The van der Waals surface area contributed by atoms with Crippen molar-refractivity contribution in [1.82, 2.24) is 15.6 Å². The highest BCUT2D eigenvalue weighted by atomic mass is 16.2. The van der Waals surface area contributed by atoms with Crippen LogP contribution in [-0.4, -0.2) is 42.6 Å². The third-order valence-corrected chi connectivity index (χ3v) is 5.59. The standard InChI is InChI=1S/C21H25N5O/c1-14-10-16(25-21(27)18-5-3-8-23-18)13-26(12-14)19-7-6-15(11-22)20-17(19)4-2-9-24-20/h2,4,6-7,9,14,16,18,23H,3,5,8,10,12-13H2,1H3,(H,25,27)/t14-,16+,18?/m0/s1. The van der Waals surface area contributed by atoms with Gasteiger partial charge in [-0.3, -0.25) is 9.78 Å². The molecule has 0 bridgehead atoms. The molecule has 6 nitrogen and oxygen atoms in total. The molecule has 4 rings (SSSR count). The Morgan fingerprint density at radius 3 is 3.04 bits per heavy atom. The van der Waals surface area contributed by atoms with Gasteiger partial charge in [0.1, 0.15) is 6.07 Å². The molecule has 3 heterocycles. The highest BCUT2D eigenvalue weighted by molar-refractivity contribution is 5.95. The first-order valence-corrected chi connectivity index (χ1v) is 9.72. The molecule has 1 aromatic heterocycles. The molecule has 0 radical (unpaired) electrons. The molecule has 2 aliphatic heterocycles. The molecule has 2 saturated heterocycles. The van der Waals surface area contributed by atoms with Gasteiger partial charge in [0.15, 0.2) is 0 Å². The van der Waals surface area contributed by atoms with E-state index in [9.17, 15) is 10.1 Å². The summed E-state index contributed by atoms with van der Waals surface area (Å²) >= 11 is 0. The van der Waals surface area contributed by atoms with Gasteiger partial charge >= 0.3 is 0 Å². The zero-order valence-corrected chi connectivity index (χ0v) is 15.6. The Hall–Kier alpha value is -2.65. The summed E-state index contributed by atoms with van der Waals surface area (Å²) in [7, 11) is 0. The van der Waals surface area contributed by atoms with Crippen LogP contribution in [0.3, 0.4) is 0 Å². The van der Waals surface area contributed by atoms with Crippen LogP contribution in [-0.2, 0) is 4.79 Å². The van der Waals surface area contributed by atoms with Gasteiger partial charge in [-0.2, -0.15) is 5.26 Å². The second-order valence-corrected chi connectivity index (χ2v) is 7.74. The van der Waals surface area contributed by atoms with E-state index in [1.807, 2.05) is 24.3 Å². The van der Waals surface area contributed by atoms with Crippen LogP contribution < -0.4 is 15.5 Å². The highest BCUT2D eigenvalue weighted by Crippen LogP contribution is 2.31. The lowest BCUT2D eigenvalue weighted by Gasteiger charge is -2.39. The molecule has 0 spiro atoms. The summed E-state index contributed by atoms with van der Waals surface area (Å²) in [6.07, 6.45) is 4.70. The van der Waals surface area contributed by atoms with Gasteiger partial charge in [-0.1, -0.05) is 6.92 Å². The monoisotopic (exact) mass is 363 g/mol. The lowest BCUT2D eigenvalue weighted by atomic mass is 9.94. The van der Waals surface area contributed by atoms with E-state index in [0.717, 1.165) is 55.5 Å². The van der Waals surface area contributed by atoms with E-state index < -0.39 is 0 Å². The number of benzene rings is 1. The number of aromatic nitrogens is 1. The second-order valence-electron chi connectivity index (χ2n) is 7.74. The van der Waals surface area contributed by atoms with Crippen LogP contribution >= 0.6 is 0 Å². The Bertz CT molecular complexity index is 884. The van der Waals surface area contributed by atoms with Crippen molar-refractivity contribution < 1.29 is 4.79 Å². The Morgan fingerprint density at radius 2 is 2.26 bits per heavy atom. The largest absolute Gasteiger partial charge is 0.369 e. The number of nitriles is 1. The zero-order valence-electron chi connectivity index (χ0n) is 15.6. The quantitative estimate of drug-likeness (QED) is 0.874. The number of hydrogen-bond donors (Lipinski definition) is 2. The van der Waals surface area contributed by atoms with Gasteiger partial charge in [0, 0.05) is 36.4 Å². The van der Waals surface area contributed by atoms with E-state index in [1.54, 1.807) is 6.20 Å². The smallest absolute Gasteiger partial charge is 0.237 e. The third kappa shape index (κ3) is 3.60. The molecular weight excluding hydrogens is 338 g/mol. The summed E-state index contributed by atoms with van der Waals surface area (Å²) < 4.78 is 0. The number of carbonyl (C=O) groups excluding carboxylic acids is 1. The van der Waals surface area contributed by atoms with E-state index in [0.29, 0.717) is 11.5 Å². The first-order chi connectivity index (χ1) is 13.2. The average molecular weight is 363 g/mol. The summed E-state index contributed by atoms with van der Waals surface area (Å²) in [5.74, 6) is 0.598. The van der Waals surface area contributed by atoms with Gasteiger partial charge in [0.2, 0.25) is 5.91 Å². The van der Waals surface area contributed by atoms with Crippen molar-refractivity contribution in [1.29, 1.82) is 5.26 Å². The van der Waals surface area contributed by atoms with E-state index >= 15 is 0 Å². The van der Waals surface area contributed by atoms with E-state index in [2.05, 4.69) is 33.5 Å². The van der Waals surface area contributed by atoms with Gasteiger partial charge in [0.25, 0.3) is 0 Å².